The van der Waals surface area contributed by atoms with Gasteiger partial charge in [-0.1, -0.05) is 0 Å². The Morgan fingerprint density at radius 2 is 0.500 bits per heavy atom. The maximum atomic E-state index is 2.97. The van der Waals surface area contributed by atoms with Crippen LogP contribution in [0.3, 0.4) is 0 Å². The molecule has 0 aromatic carbocycles. The molecule has 0 unspecified atom stereocenters. The van der Waals surface area contributed by atoms with Crippen molar-refractivity contribution in [2.24, 2.45) is 0 Å². The third-order valence-corrected chi connectivity index (χ3v) is 0. The average Bonchev–Trinajstić information content (AvgIpc) is 1.70. The minimum Gasteiger partial charge on any atom is -0.351 e. The summed E-state index contributed by atoms with van der Waals surface area (Å²) in [5, 5.41) is 0. The van der Waals surface area contributed by atoms with Crippen LogP contribution in [0.25, 0.3) is 0 Å². The maximum absolute atomic E-state index is 2.97. The fourth-order valence-corrected chi connectivity index (χ4v) is 0. The minimum absolute atomic E-state index is 0. The summed E-state index contributed by atoms with van der Waals surface area (Å²) in [5.41, 5.74) is 4.83. The van der Waals surface area contributed by atoms with Crippen molar-refractivity contribution in [3.05, 3.63) is 17.0 Å². The Bertz CT molecular complexity index is 17.7. The second kappa shape index (κ2) is 41.4. The molecule has 7 heteroatoms. The van der Waals surface area contributed by atoms with Crippen LogP contribution in [0.1, 0.15) is 0 Å². The summed E-state index contributed by atoms with van der Waals surface area (Å²) < 4.78 is 0. The molecule has 0 aliphatic carbocycles. The average molecular weight is 358 g/mol. The van der Waals surface area contributed by atoms with Gasteiger partial charge in [-0.2, -0.15) is 0 Å². The van der Waals surface area contributed by atoms with Gasteiger partial charge < -0.3 is 17.0 Å². The molecule has 0 amide bonds. The Kier molecular flexibility index (Phi) is 95.0. The Balaban J connectivity index is -0.0000000257. The zero-order valence-corrected chi connectivity index (χ0v) is 13.8. The first-order chi connectivity index (χ1) is 4.24. The van der Waals surface area contributed by atoms with Gasteiger partial charge in [0.25, 0.3) is 0 Å². The Hall–Kier alpha value is 2.64. The van der Waals surface area contributed by atoms with E-state index in [4.69, 9.17) is 0 Å². The minimum atomic E-state index is 0. The van der Waals surface area contributed by atoms with E-state index >= 15 is 0 Å². The summed E-state index contributed by atoms with van der Waals surface area (Å²) >= 11 is 0. The van der Waals surface area contributed by atoms with Gasteiger partial charge in [0.15, 0.2) is 0 Å². The molecule has 0 atom stereocenters. The predicted molar refractivity (Wildman–Crippen MR) is 47.4 cm³/mol. The molecule has 0 aliphatic heterocycles. The number of rotatable bonds is 0. The van der Waals surface area contributed by atoms with E-state index < -0.39 is 0 Å². The molecule has 10 heavy (non-hydrogen) atoms. The maximum Gasteiger partial charge on any atom is 3.00 e. The normalized spacial score (nSPS) is 5.40. The van der Waals surface area contributed by atoms with Crippen LogP contribution in [0.4, 0.5) is 0 Å². The van der Waals surface area contributed by atoms with Crippen molar-refractivity contribution in [2.45, 2.75) is 0 Å². The summed E-state index contributed by atoms with van der Waals surface area (Å²) in [7, 11) is 17.8. The second-order valence-corrected chi connectivity index (χ2v) is 3.90. The third-order valence-electron chi connectivity index (χ3n) is 0. The molecular weight excluding hydrogens is 355 g/mol. The summed E-state index contributed by atoms with van der Waals surface area (Å²) in [6.07, 6.45) is 0. The largest absolute Gasteiger partial charge is 3.00 e. The van der Waals surface area contributed by atoms with Crippen molar-refractivity contribution in [3.8, 4) is 0 Å². The predicted octanol–water partition coefficient (Wildman–Crippen LogP) is -1.67. The smallest absolute Gasteiger partial charge is 0.351 e. The number of hydrogen-bond acceptors (Lipinski definition) is 0. The van der Waals surface area contributed by atoms with Crippen molar-refractivity contribution in [2.75, 3.05) is 0 Å². The van der Waals surface area contributed by atoms with Gasteiger partial charge in [0.05, 0.1) is 0 Å². The van der Waals surface area contributed by atoms with E-state index in [1.165, 1.54) is 0 Å². The van der Waals surface area contributed by atoms with E-state index in [9.17, 15) is 0 Å². The molecule has 0 aromatic rings. The SMILES string of the molecule is [Si][CH-][Si].[Si][CH-][Si].[Si][CH-][Si].[Sm+3]. The molecule has 0 spiro atoms. The molecule has 0 aromatic heterocycles. The van der Waals surface area contributed by atoms with Gasteiger partial charge in [0, 0.05) is 0 Å². The summed E-state index contributed by atoms with van der Waals surface area (Å²) in [5.74, 6) is 0. The first kappa shape index (κ1) is 22.9. The molecule has 19 radical (unpaired) electrons. The molecule has 0 fully saturated rings. The third kappa shape index (κ3) is 142. The van der Waals surface area contributed by atoms with Crippen LogP contribution in [0, 0.1) is 57.4 Å². The summed E-state index contributed by atoms with van der Waals surface area (Å²) in [6.45, 7) is 0. The zero-order valence-electron chi connectivity index (χ0n) is 5.14. The van der Waals surface area contributed by atoms with E-state index in [-0.39, 0.29) is 40.4 Å². The van der Waals surface area contributed by atoms with Crippen LogP contribution >= 0.6 is 0 Å². The first-order valence-corrected chi connectivity index (χ1v) is 5.20. The molecule has 0 saturated heterocycles. The quantitative estimate of drug-likeness (QED) is 0.359. The number of hydrogen-bond donors (Lipinski definition) is 0. The molecule has 0 bridgehead atoms. The van der Waals surface area contributed by atoms with Crippen LogP contribution in [-0.4, -0.2) is 61.5 Å². The molecule has 0 heterocycles. The zero-order chi connectivity index (χ0) is 8.12. The van der Waals surface area contributed by atoms with E-state index in [1.54, 1.807) is 17.0 Å². The standard InChI is InChI=1S/3CHSi2.Sm/c3*2-1-3;/h3*1H;/q3*-1;+3. The Morgan fingerprint density at radius 1 is 0.500 bits per heavy atom. The van der Waals surface area contributed by atoms with Crippen LogP contribution in [-0.2, 0) is 0 Å². The van der Waals surface area contributed by atoms with Crippen molar-refractivity contribution >= 4 is 61.5 Å². The molecule has 0 nitrogen and oxygen atoms in total. The molecule has 0 rings (SSSR count). The fourth-order valence-electron chi connectivity index (χ4n) is 0. The van der Waals surface area contributed by atoms with Crippen LogP contribution in [0.5, 0.6) is 0 Å². The van der Waals surface area contributed by atoms with Crippen LogP contribution in [0.15, 0.2) is 0 Å². The van der Waals surface area contributed by atoms with E-state index in [2.05, 4.69) is 61.5 Å². The first-order valence-electron chi connectivity index (χ1n) is 1.73. The molecule has 0 saturated carbocycles. The Labute approximate surface area is 117 Å². The van der Waals surface area contributed by atoms with Crippen molar-refractivity contribution in [3.63, 3.8) is 0 Å². The fraction of sp³-hybridized carbons (Fsp3) is 0. The second-order valence-electron chi connectivity index (χ2n) is 0.433. The topological polar surface area (TPSA) is 0 Å². The van der Waals surface area contributed by atoms with Crippen molar-refractivity contribution in [1.82, 2.24) is 0 Å². The van der Waals surface area contributed by atoms with Crippen molar-refractivity contribution < 1.29 is 40.4 Å². The summed E-state index contributed by atoms with van der Waals surface area (Å²) in [4.78, 5) is 0. The molecule has 45 valence electrons. The van der Waals surface area contributed by atoms with Crippen molar-refractivity contribution in [1.29, 1.82) is 0 Å². The van der Waals surface area contributed by atoms with E-state index in [0.29, 0.717) is 0 Å². The molecular formula is C3H3Si6Sm. The molecule has 0 N–H and O–H groups in total. The van der Waals surface area contributed by atoms with Crippen LogP contribution < -0.4 is 0 Å². The van der Waals surface area contributed by atoms with E-state index in [1.807, 2.05) is 0 Å². The van der Waals surface area contributed by atoms with Gasteiger partial charge in [-0.15, -0.1) is 0 Å². The van der Waals surface area contributed by atoms with Gasteiger partial charge in [0.2, 0.25) is 0 Å². The van der Waals surface area contributed by atoms with Gasteiger partial charge in [0.1, 0.15) is 0 Å². The van der Waals surface area contributed by atoms with Crippen LogP contribution in [0.2, 0.25) is 0 Å². The van der Waals surface area contributed by atoms with Gasteiger partial charge >= 0.3 is 40.4 Å². The van der Waals surface area contributed by atoms with Gasteiger partial charge in [-0.05, 0) is 0 Å². The van der Waals surface area contributed by atoms with E-state index in [0.717, 1.165) is 0 Å². The molecule has 0 aliphatic rings. The summed E-state index contributed by atoms with van der Waals surface area (Å²) in [6, 6.07) is 0. The monoisotopic (exact) mass is 359 g/mol. The Morgan fingerprint density at radius 3 is 0.500 bits per heavy atom. The van der Waals surface area contributed by atoms with Gasteiger partial charge in [-0.3, -0.25) is 0 Å². The van der Waals surface area contributed by atoms with Gasteiger partial charge in [-0.25, -0.2) is 61.5 Å².